The Morgan fingerprint density at radius 2 is 2.17 bits per heavy atom. The summed E-state index contributed by atoms with van der Waals surface area (Å²) in [5, 5.41) is 6.65. The first-order valence-electron chi connectivity index (χ1n) is 7.83. The first-order valence-corrected chi connectivity index (χ1v) is 7.83. The van der Waals surface area contributed by atoms with Gasteiger partial charge in [0, 0.05) is 29.9 Å². The van der Waals surface area contributed by atoms with Crippen LogP contribution in [0.3, 0.4) is 0 Å². The van der Waals surface area contributed by atoms with Crippen LogP contribution in [0.2, 0.25) is 0 Å². The molecule has 2 aromatic heterocycles. The zero-order valence-electron chi connectivity index (χ0n) is 12.9. The summed E-state index contributed by atoms with van der Waals surface area (Å²) in [7, 11) is 0. The number of nitrogens with one attached hydrogen (secondary N) is 3. The molecule has 1 aromatic carbocycles. The summed E-state index contributed by atoms with van der Waals surface area (Å²) in [6.45, 7) is 0. The fraction of sp³-hybridized carbons (Fsp3) is 0.167. The number of nitrogens with zero attached hydrogens (tertiary/aromatic N) is 1. The first kappa shape index (κ1) is 14.4. The molecule has 3 heterocycles. The monoisotopic (exact) mass is 320 g/mol. The number of carbonyl (C=O) groups is 2. The Morgan fingerprint density at radius 1 is 1.25 bits per heavy atom. The van der Waals surface area contributed by atoms with E-state index in [1.54, 1.807) is 18.5 Å². The number of carbonyl (C=O) groups excluding carboxylic acids is 2. The highest BCUT2D eigenvalue weighted by Crippen LogP contribution is 2.26. The molecule has 3 aromatic rings. The minimum atomic E-state index is -0.186. The molecule has 120 valence electrons. The maximum absolute atomic E-state index is 12.6. The number of pyridine rings is 1. The zero-order chi connectivity index (χ0) is 16.5. The van der Waals surface area contributed by atoms with Crippen LogP contribution in [0.1, 0.15) is 34.8 Å². The highest BCUT2D eigenvalue weighted by molar-refractivity contribution is 6.11. The van der Waals surface area contributed by atoms with Crippen LogP contribution < -0.4 is 10.6 Å². The van der Waals surface area contributed by atoms with Crippen molar-refractivity contribution in [2.24, 2.45) is 0 Å². The summed E-state index contributed by atoms with van der Waals surface area (Å²) in [6.07, 6.45) is 4.70. The van der Waals surface area contributed by atoms with Crippen LogP contribution in [-0.4, -0.2) is 21.8 Å². The third kappa shape index (κ3) is 2.62. The van der Waals surface area contributed by atoms with Gasteiger partial charge in [-0.3, -0.25) is 9.59 Å². The van der Waals surface area contributed by atoms with Crippen LogP contribution in [-0.2, 0) is 4.79 Å². The lowest BCUT2D eigenvalue weighted by atomic mass is 10.0. The van der Waals surface area contributed by atoms with E-state index in [-0.39, 0.29) is 17.9 Å². The molecule has 1 unspecified atom stereocenters. The van der Waals surface area contributed by atoms with Crippen LogP contribution in [0.5, 0.6) is 0 Å². The molecule has 1 aliphatic heterocycles. The minimum Gasteiger partial charge on any atom is -0.349 e. The van der Waals surface area contributed by atoms with Gasteiger partial charge >= 0.3 is 0 Å². The third-order valence-electron chi connectivity index (χ3n) is 4.25. The second kappa shape index (κ2) is 5.81. The number of hydrogen-bond acceptors (Lipinski definition) is 3. The molecular formula is C18H16N4O2. The maximum Gasteiger partial charge on any atom is 0.256 e. The Kier molecular flexibility index (Phi) is 3.49. The van der Waals surface area contributed by atoms with Gasteiger partial charge in [0.05, 0.1) is 11.6 Å². The molecule has 24 heavy (non-hydrogen) atoms. The van der Waals surface area contributed by atoms with E-state index in [4.69, 9.17) is 0 Å². The Labute approximate surface area is 138 Å². The molecule has 1 fully saturated rings. The average molecular weight is 320 g/mol. The predicted octanol–water partition coefficient (Wildman–Crippen LogP) is 2.77. The van der Waals surface area contributed by atoms with Gasteiger partial charge in [-0.05, 0) is 36.2 Å². The van der Waals surface area contributed by atoms with Crippen molar-refractivity contribution in [2.75, 3.05) is 5.32 Å². The van der Waals surface area contributed by atoms with Gasteiger partial charge in [-0.25, -0.2) is 4.98 Å². The van der Waals surface area contributed by atoms with Gasteiger partial charge < -0.3 is 15.6 Å². The molecule has 0 radical (unpaired) electrons. The van der Waals surface area contributed by atoms with Crippen molar-refractivity contribution in [1.82, 2.24) is 15.3 Å². The Morgan fingerprint density at radius 3 is 3.00 bits per heavy atom. The van der Waals surface area contributed by atoms with Crippen LogP contribution in [0.4, 0.5) is 5.69 Å². The molecule has 6 nitrogen and oxygen atoms in total. The lowest BCUT2D eigenvalue weighted by molar-refractivity contribution is -0.119. The molecule has 0 aliphatic carbocycles. The smallest absolute Gasteiger partial charge is 0.256 e. The van der Waals surface area contributed by atoms with Gasteiger partial charge in [0.2, 0.25) is 5.91 Å². The average Bonchev–Trinajstić information content (AvgIpc) is 3.23. The first-order chi connectivity index (χ1) is 11.7. The minimum absolute atomic E-state index is 0.0201. The molecule has 1 atom stereocenters. The number of amides is 2. The number of aromatic amines is 1. The van der Waals surface area contributed by atoms with E-state index >= 15 is 0 Å². The number of fused-ring (bicyclic) bond motifs is 1. The van der Waals surface area contributed by atoms with Gasteiger partial charge in [-0.15, -0.1) is 0 Å². The van der Waals surface area contributed by atoms with Crippen molar-refractivity contribution in [3.63, 3.8) is 0 Å². The number of anilines is 1. The fourth-order valence-electron chi connectivity index (χ4n) is 3.05. The quantitative estimate of drug-likeness (QED) is 0.693. The summed E-state index contributed by atoms with van der Waals surface area (Å²) in [5.74, 6) is -0.115. The van der Waals surface area contributed by atoms with Crippen molar-refractivity contribution in [3.05, 3.63) is 59.9 Å². The largest absolute Gasteiger partial charge is 0.349 e. The fourth-order valence-corrected chi connectivity index (χ4v) is 3.05. The Hall–Kier alpha value is -3.15. The number of rotatable bonds is 3. The molecule has 1 aliphatic rings. The Bertz CT molecular complexity index is 931. The molecule has 4 rings (SSSR count). The van der Waals surface area contributed by atoms with Crippen LogP contribution in [0.25, 0.3) is 11.0 Å². The van der Waals surface area contributed by atoms with Crippen LogP contribution in [0.15, 0.2) is 48.8 Å². The molecule has 3 N–H and O–H groups in total. The second-order valence-electron chi connectivity index (χ2n) is 5.84. The normalized spacial score (nSPS) is 17.0. The van der Waals surface area contributed by atoms with Gasteiger partial charge in [0.25, 0.3) is 5.91 Å². The van der Waals surface area contributed by atoms with Gasteiger partial charge in [-0.2, -0.15) is 0 Å². The highest BCUT2D eigenvalue weighted by Gasteiger charge is 2.22. The molecule has 2 amide bonds. The van der Waals surface area contributed by atoms with E-state index in [1.807, 2.05) is 30.3 Å². The molecule has 0 bridgehead atoms. The van der Waals surface area contributed by atoms with E-state index in [2.05, 4.69) is 20.6 Å². The van der Waals surface area contributed by atoms with E-state index in [0.717, 1.165) is 17.4 Å². The predicted molar refractivity (Wildman–Crippen MR) is 90.6 cm³/mol. The van der Waals surface area contributed by atoms with Crippen molar-refractivity contribution in [3.8, 4) is 0 Å². The number of H-pyrrole nitrogens is 1. The summed E-state index contributed by atoms with van der Waals surface area (Å²) in [5.41, 5.74) is 2.96. The molecule has 0 saturated carbocycles. The molecule has 0 spiro atoms. The highest BCUT2D eigenvalue weighted by atomic mass is 16.2. The number of benzene rings is 1. The van der Waals surface area contributed by atoms with E-state index in [1.165, 1.54) is 0 Å². The SMILES string of the molecule is O=C1CCC(c2cccc(NC(=O)c3ccnc4[nH]ccc34)c2)N1. The lowest BCUT2D eigenvalue weighted by Gasteiger charge is -2.12. The van der Waals surface area contributed by atoms with Gasteiger partial charge in [-0.1, -0.05) is 12.1 Å². The topological polar surface area (TPSA) is 86.9 Å². The second-order valence-corrected chi connectivity index (χ2v) is 5.84. The summed E-state index contributed by atoms with van der Waals surface area (Å²) >= 11 is 0. The van der Waals surface area contributed by atoms with Gasteiger partial charge in [0.1, 0.15) is 5.65 Å². The summed E-state index contributed by atoms with van der Waals surface area (Å²) in [4.78, 5) is 31.2. The zero-order valence-corrected chi connectivity index (χ0v) is 12.9. The summed E-state index contributed by atoms with van der Waals surface area (Å²) in [6, 6.07) is 11.1. The van der Waals surface area contributed by atoms with Gasteiger partial charge in [0.15, 0.2) is 0 Å². The van der Waals surface area contributed by atoms with E-state index in [9.17, 15) is 9.59 Å². The maximum atomic E-state index is 12.6. The number of hydrogen-bond donors (Lipinski definition) is 3. The summed E-state index contributed by atoms with van der Waals surface area (Å²) < 4.78 is 0. The van der Waals surface area contributed by atoms with Crippen molar-refractivity contribution >= 4 is 28.5 Å². The van der Waals surface area contributed by atoms with Crippen LogP contribution >= 0.6 is 0 Å². The van der Waals surface area contributed by atoms with Crippen molar-refractivity contribution < 1.29 is 9.59 Å². The standard InChI is InChI=1S/C18H16N4O2/c23-16-5-4-15(22-16)11-2-1-3-12(10-11)21-18(24)14-7-9-20-17-13(14)6-8-19-17/h1-3,6-10,15H,4-5H2,(H,19,20)(H,21,24)(H,22,23). The van der Waals surface area contributed by atoms with E-state index < -0.39 is 0 Å². The van der Waals surface area contributed by atoms with Crippen molar-refractivity contribution in [1.29, 1.82) is 0 Å². The van der Waals surface area contributed by atoms with Crippen molar-refractivity contribution in [2.45, 2.75) is 18.9 Å². The lowest BCUT2D eigenvalue weighted by Crippen LogP contribution is -2.18. The number of aromatic nitrogens is 2. The molecule has 6 heteroatoms. The molecule has 1 saturated heterocycles. The third-order valence-corrected chi connectivity index (χ3v) is 4.25. The van der Waals surface area contributed by atoms with E-state index in [0.29, 0.717) is 23.3 Å². The van der Waals surface area contributed by atoms with Crippen LogP contribution in [0, 0.1) is 0 Å². The molecular weight excluding hydrogens is 304 g/mol. The Balaban J connectivity index is 1.58.